The molecular weight excluding hydrogens is 225 g/mol. The first-order valence-electron chi connectivity index (χ1n) is 5.44. The normalized spacial score (nSPS) is 28.9. The Morgan fingerprint density at radius 3 is 2.82 bits per heavy atom. The van der Waals surface area contributed by atoms with E-state index < -0.39 is 18.1 Å². The summed E-state index contributed by atoms with van der Waals surface area (Å²) in [5, 5.41) is 11.8. The van der Waals surface area contributed by atoms with Crippen LogP contribution in [0.2, 0.25) is 0 Å². The lowest BCUT2D eigenvalue weighted by Gasteiger charge is -2.34. The number of ether oxygens (including phenoxy) is 1. The lowest BCUT2D eigenvalue weighted by molar-refractivity contribution is -0.145. The second-order valence-electron chi connectivity index (χ2n) is 4.12. The molecule has 1 aromatic carbocycles. The van der Waals surface area contributed by atoms with Gasteiger partial charge in [-0.2, -0.15) is 0 Å². The lowest BCUT2D eigenvalue weighted by atomic mass is 10.00. The summed E-state index contributed by atoms with van der Waals surface area (Å²) in [7, 11) is 0. The van der Waals surface area contributed by atoms with Crippen molar-refractivity contribution < 1.29 is 19.0 Å². The fraction of sp³-hybridized carbons (Fsp3) is 0.417. The molecule has 4 nitrogen and oxygen atoms in total. The fourth-order valence-electron chi connectivity index (χ4n) is 2.00. The monoisotopic (exact) mass is 239 g/mol. The summed E-state index contributed by atoms with van der Waals surface area (Å²) >= 11 is 0. The van der Waals surface area contributed by atoms with Gasteiger partial charge in [-0.1, -0.05) is 18.2 Å². The van der Waals surface area contributed by atoms with Crippen LogP contribution in [0.25, 0.3) is 0 Å². The first-order valence-corrected chi connectivity index (χ1v) is 5.44. The van der Waals surface area contributed by atoms with Crippen LogP contribution in [-0.2, 0) is 9.53 Å². The summed E-state index contributed by atoms with van der Waals surface area (Å²) in [6, 6.07) is 5.39. The van der Waals surface area contributed by atoms with E-state index in [0.717, 1.165) is 0 Å². The summed E-state index contributed by atoms with van der Waals surface area (Å²) < 4.78 is 19.0. The third-order valence-corrected chi connectivity index (χ3v) is 2.87. The van der Waals surface area contributed by atoms with E-state index in [9.17, 15) is 9.18 Å². The smallest absolute Gasteiger partial charge is 0.323 e. The molecule has 1 aromatic rings. The van der Waals surface area contributed by atoms with Crippen LogP contribution in [0, 0.1) is 5.82 Å². The number of benzene rings is 1. The maximum atomic E-state index is 13.6. The van der Waals surface area contributed by atoms with E-state index in [1.54, 1.807) is 25.1 Å². The highest BCUT2D eigenvalue weighted by molar-refractivity contribution is 5.73. The quantitative estimate of drug-likeness (QED) is 0.817. The Morgan fingerprint density at radius 1 is 1.53 bits per heavy atom. The molecular formula is C12H14FNO3. The average Bonchev–Trinajstić information content (AvgIpc) is 2.30. The second kappa shape index (κ2) is 4.81. The number of hydrogen-bond donors (Lipinski definition) is 2. The van der Waals surface area contributed by atoms with E-state index in [0.29, 0.717) is 5.56 Å². The topological polar surface area (TPSA) is 58.6 Å². The third kappa shape index (κ3) is 2.45. The van der Waals surface area contributed by atoms with Crippen molar-refractivity contribution in [2.24, 2.45) is 0 Å². The van der Waals surface area contributed by atoms with E-state index in [-0.39, 0.29) is 18.5 Å². The molecule has 2 N–H and O–H groups in total. The zero-order valence-corrected chi connectivity index (χ0v) is 9.39. The fourth-order valence-corrected chi connectivity index (χ4v) is 2.00. The summed E-state index contributed by atoms with van der Waals surface area (Å²) in [5.41, 5.74) is 0.455. The van der Waals surface area contributed by atoms with Gasteiger partial charge in [-0.25, -0.2) is 4.39 Å². The molecule has 1 fully saturated rings. The molecule has 3 unspecified atom stereocenters. The van der Waals surface area contributed by atoms with Crippen molar-refractivity contribution >= 4 is 5.97 Å². The minimum Gasteiger partial charge on any atom is -0.480 e. The zero-order valence-electron chi connectivity index (χ0n) is 9.39. The number of morpholine rings is 1. The maximum Gasteiger partial charge on any atom is 0.323 e. The summed E-state index contributed by atoms with van der Waals surface area (Å²) in [6.07, 6.45) is -0.452. The van der Waals surface area contributed by atoms with Gasteiger partial charge in [0.25, 0.3) is 0 Å². The molecule has 3 atom stereocenters. The Balaban J connectivity index is 2.15. The summed E-state index contributed by atoms with van der Waals surface area (Å²) in [6.45, 7) is 1.82. The van der Waals surface area contributed by atoms with E-state index in [4.69, 9.17) is 9.84 Å². The molecule has 0 bridgehead atoms. The molecule has 0 spiro atoms. The standard InChI is InChI=1S/C12H14FNO3/c1-7-11(8-4-2-3-5-9(8)13)17-6-10(14-7)12(15)16/h2-5,7,10-11,14H,6H2,1H3,(H,15,16). The van der Waals surface area contributed by atoms with Crippen molar-refractivity contribution in [3.63, 3.8) is 0 Å². The van der Waals surface area contributed by atoms with E-state index in [2.05, 4.69) is 5.32 Å². The van der Waals surface area contributed by atoms with Crippen molar-refractivity contribution in [3.05, 3.63) is 35.6 Å². The number of halogens is 1. The highest BCUT2D eigenvalue weighted by Gasteiger charge is 2.33. The molecule has 1 heterocycles. The van der Waals surface area contributed by atoms with Crippen LogP contribution in [0.3, 0.4) is 0 Å². The molecule has 0 radical (unpaired) electrons. The van der Waals surface area contributed by atoms with Gasteiger partial charge in [0.05, 0.1) is 6.61 Å². The van der Waals surface area contributed by atoms with E-state index in [1.807, 2.05) is 0 Å². The number of carbonyl (C=O) groups is 1. The Bertz CT molecular complexity index is 424. The molecule has 2 rings (SSSR count). The zero-order chi connectivity index (χ0) is 12.4. The van der Waals surface area contributed by atoms with Crippen molar-refractivity contribution in [2.45, 2.75) is 25.1 Å². The molecule has 1 aliphatic heterocycles. The Labute approximate surface area is 98.4 Å². The first-order chi connectivity index (χ1) is 8.09. The van der Waals surface area contributed by atoms with E-state index >= 15 is 0 Å². The van der Waals surface area contributed by atoms with Crippen molar-refractivity contribution in [2.75, 3.05) is 6.61 Å². The summed E-state index contributed by atoms with van der Waals surface area (Å²) in [5.74, 6) is -1.29. The number of carboxylic acid groups (broad SMARTS) is 1. The maximum absolute atomic E-state index is 13.6. The van der Waals surface area contributed by atoms with Crippen LogP contribution in [-0.4, -0.2) is 29.8 Å². The lowest BCUT2D eigenvalue weighted by Crippen LogP contribution is -2.52. The number of hydrogen-bond acceptors (Lipinski definition) is 3. The van der Waals surface area contributed by atoms with Crippen LogP contribution >= 0.6 is 0 Å². The van der Waals surface area contributed by atoms with Gasteiger partial charge in [0, 0.05) is 11.6 Å². The number of aliphatic carboxylic acids is 1. The highest BCUT2D eigenvalue weighted by atomic mass is 19.1. The Hall–Kier alpha value is -1.46. The van der Waals surface area contributed by atoms with Crippen LogP contribution in [0.4, 0.5) is 4.39 Å². The Kier molecular flexibility index (Phi) is 3.40. The average molecular weight is 239 g/mol. The molecule has 0 amide bonds. The SMILES string of the molecule is CC1NC(C(=O)O)COC1c1ccccc1F. The van der Waals surface area contributed by atoms with Gasteiger partial charge in [0.15, 0.2) is 0 Å². The van der Waals surface area contributed by atoms with Gasteiger partial charge in [0.1, 0.15) is 18.0 Å². The molecule has 0 aliphatic carbocycles. The van der Waals surface area contributed by atoms with Gasteiger partial charge in [-0.3, -0.25) is 10.1 Å². The van der Waals surface area contributed by atoms with Crippen LogP contribution in [0.15, 0.2) is 24.3 Å². The van der Waals surface area contributed by atoms with Gasteiger partial charge in [-0.05, 0) is 13.0 Å². The van der Waals surface area contributed by atoms with E-state index in [1.165, 1.54) is 6.07 Å². The van der Waals surface area contributed by atoms with Crippen LogP contribution < -0.4 is 5.32 Å². The van der Waals surface area contributed by atoms with Crippen molar-refractivity contribution in [1.29, 1.82) is 0 Å². The van der Waals surface area contributed by atoms with Crippen LogP contribution in [0.1, 0.15) is 18.6 Å². The molecule has 1 aliphatic rings. The van der Waals surface area contributed by atoms with Gasteiger partial charge < -0.3 is 9.84 Å². The largest absolute Gasteiger partial charge is 0.480 e. The summed E-state index contributed by atoms with van der Waals surface area (Å²) in [4.78, 5) is 10.8. The number of carboxylic acids is 1. The van der Waals surface area contributed by atoms with Gasteiger partial charge in [-0.15, -0.1) is 0 Å². The number of nitrogens with one attached hydrogen (secondary N) is 1. The molecule has 0 aromatic heterocycles. The Morgan fingerprint density at radius 2 is 2.24 bits per heavy atom. The van der Waals surface area contributed by atoms with Crippen LogP contribution in [0.5, 0.6) is 0 Å². The van der Waals surface area contributed by atoms with Crippen molar-refractivity contribution in [1.82, 2.24) is 5.32 Å². The van der Waals surface area contributed by atoms with Gasteiger partial charge in [0.2, 0.25) is 0 Å². The molecule has 1 saturated heterocycles. The molecule has 0 saturated carbocycles. The molecule has 5 heteroatoms. The first kappa shape index (κ1) is 12.0. The molecule has 17 heavy (non-hydrogen) atoms. The third-order valence-electron chi connectivity index (χ3n) is 2.87. The minimum atomic E-state index is -0.955. The molecule has 92 valence electrons. The predicted octanol–water partition coefficient (Wildman–Crippen LogP) is 1.33. The van der Waals surface area contributed by atoms with Crippen molar-refractivity contribution in [3.8, 4) is 0 Å². The predicted molar refractivity (Wildman–Crippen MR) is 59.1 cm³/mol. The highest BCUT2D eigenvalue weighted by Crippen LogP contribution is 2.27. The second-order valence-corrected chi connectivity index (χ2v) is 4.12. The number of rotatable bonds is 2. The minimum absolute atomic E-state index is 0.0404. The van der Waals surface area contributed by atoms with Gasteiger partial charge >= 0.3 is 5.97 Å².